The number of carboxylic acid groups (broad SMARTS) is 1. The Bertz CT molecular complexity index is 271. The van der Waals surface area contributed by atoms with Crippen LogP contribution in [0.5, 0.6) is 0 Å². The molecule has 0 amide bonds. The van der Waals surface area contributed by atoms with Crippen molar-refractivity contribution in [3.05, 3.63) is 0 Å². The maximum atomic E-state index is 11.2. The van der Waals surface area contributed by atoms with E-state index in [0.717, 1.165) is 6.42 Å². The van der Waals surface area contributed by atoms with E-state index in [1.54, 1.807) is 0 Å². The lowest BCUT2D eigenvalue weighted by Crippen LogP contribution is -2.19. The van der Waals surface area contributed by atoms with Crippen LogP contribution in [-0.4, -0.2) is 16.9 Å². The van der Waals surface area contributed by atoms with E-state index < -0.39 is 5.97 Å². The van der Waals surface area contributed by atoms with Crippen molar-refractivity contribution in [2.45, 2.75) is 6.42 Å². The van der Waals surface area contributed by atoms with Crippen LogP contribution in [0.3, 0.4) is 0 Å². The van der Waals surface area contributed by atoms with Gasteiger partial charge in [-0.15, -0.1) is 0 Å². The molecule has 0 heterocycles. The SMILES string of the molecule is O=C(O)C1C2C[C@@H]3C(C2=O)[C@H]13. The van der Waals surface area contributed by atoms with Crippen molar-refractivity contribution in [3.63, 3.8) is 0 Å². The molecule has 3 unspecified atom stereocenters. The summed E-state index contributed by atoms with van der Waals surface area (Å²) in [7, 11) is 0. The zero-order valence-electron chi connectivity index (χ0n) is 5.86. The number of aliphatic carboxylic acids is 1. The Morgan fingerprint density at radius 3 is 2.45 bits per heavy atom. The van der Waals surface area contributed by atoms with Gasteiger partial charge in [0.2, 0.25) is 0 Å². The number of hydrogen-bond donors (Lipinski definition) is 1. The molecule has 11 heavy (non-hydrogen) atoms. The van der Waals surface area contributed by atoms with Gasteiger partial charge < -0.3 is 5.11 Å². The number of ketones is 1. The molecule has 0 radical (unpaired) electrons. The van der Waals surface area contributed by atoms with Gasteiger partial charge in [-0.1, -0.05) is 0 Å². The summed E-state index contributed by atoms with van der Waals surface area (Å²) in [4.78, 5) is 21.9. The van der Waals surface area contributed by atoms with E-state index in [1.165, 1.54) is 0 Å². The molecule has 4 aliphatic rings. The highest BCUT2D eigenvalue weighted by Gasteiger charge is 2.75. The van der Waals surface area contributed by atoms with Crippen LogP contribution in [0.1, 0.15) is 6.42 Å². The predicted molar refractivity (Wildman–Crippen MR) is 34.7 cm³/mol. The quantitative estimate of drug-likeness (QED) is 0.582. The third-order valence-corrected chi connectivity index (χ3v) is 3.58. The van der Waals surface area contributed by atoms with Crippen molar-refractivity contribution in [3.8, 4) is 0 Å². The summed E-state index contributed by atoms with van der Waals surface area (Å²) >= 11 is 0. The first-order valence-corrected chi connectivity index (χ1v) is 3.98. The van der Waals surface area contributed by atoms with E-state index in [4.69, 9.17) is 5.11 Å². The second kappa shape index (κ2) is 1.36. The average molecular weight is 152 g/mol. The highest BCUT2D eigenvalue weighted by molar-refractivity contribution is 5.98. The van der Waals surface area contributed by atoms with E-state index in [0.29, 0.717) is 5.92 Å². The average Bonchev–Trinajstić information content (AvgIpc) is 2.33. The molecule has 0 spiro atoms. The van der Waals surface area contributed by atoms with Crippen LogP contribution in [0.4, 0.5) is 0 Å². The topological polar surface area (TPSA) is 54.4 Å². The molecular formula is C8H8O3. The molecule has 0 aromatic rings. The summed E-state index contributed by atoms with van der Waals surface area (Å²) in [5.41, 5.74) is 0. The third-order valence-electron chi connectivity index (χ3n) is 3.58. The lowest BCUT2D eigenvalue weighted by Gasteiger charge is -2.05. The predicted octanol–water partition coefficient (Wildman–Crippen LogP) is 0.152. The molecule has 4 aliphatic carbocycles. The van der Waals surface area contributed by atoms with Crippen molar-refractivity contribution in [1.29, 1.82) is 0 Å². The molecule has 4 saturated carbocycles. The van der Waals surface area contributed by atoms with Crippen molar-refractivity contribution < 1.29 is 14.7 Å². The van der Waals surface area contributed by atoms with Gasteiger partial charge in [-0.2, -0.15) is 0 Å². The molecule has 3 heteroatoms. The molecular weight excluding hydrogens is 144 g/mol. The van der Waals surface area contributed by atoms with Gasteiger partial charge in [0.25, 0.3) is 0 Å². The van der Waals surface area contributed by atoms with Crippen molar-refractivity contribution >= 4 is 11.8 Å². The van der Waals surface area contributed by atoms with Crippen molar-refractivity contribution in [2.75, 3.05) is 0 Å². The van der Waals surface area contributed by atoms with E-state index in [9.17, 15) is 9.59 Å². The Morgan fingerprint density at radius 2 is 2.27 bits per heavy atom. The monoisotopic (exact) mass is 152 g/mol. The first-order chi connectivity index (χ1) is 5.22. The molecule has 0 aliphatic heterocycles. The first-order valence-electron chi connectivity index (χ1n) is 3.98. The number of carbonyl (C=O) groups is 2. The van der Waals surface area contributed by atoms with Crippen LogP contribution < -0.4 is 0 Å². The van der Waals surface area contributed by atoms with E-state index >= 15 is 0 Å². The number of carbonyl (C=O) groups excluding carboxylic acids is 1. The minimum atomic E-state index is -0.754. The number of rotatable bonds is 1. The molecule has 58 valence electrons. The lowest BCUT2D eigenvalue weighted by atomic mass is 9.98. The summed E-state index contributed by atoms with van der Waals surface area (Å²) in [5, 5.41) is 8.77. The van der Waals surface area contributed by atoms with Crippen LogP contribution in [0.25, 0.3) is 0 Å². The Labute approximate surface area is 63.4 Å². The highest BCUT2D eigenvalue weighted by atomic mass is 16.4. The van der Waals surface area contributed by atoms with E-state index in [1.807, 2.05) is 0 Å². The Morgan fingerprint density at radius 1 is 1.55 bits per heavy atom. The fourth-order valence-electron chi connectivity index (χ4n) is 3.18. The minimum Gasteiger partial charge on any atom is -0.481 e. The highest BCUT2D eigenvalue weighted by Crippen LogP contribution is 2.71. The van der Waals surface area contributed by atoms with Crippen LogP contribution >= 0.6 is 0 Å². The number of hydrogen-bond acceptors (Lipinski definition) is 2. The zero-order valence-corrected chi connectivity index (χ0v) is 5.86. The van der Waals surface area contributed by atoms with Gasteiger partial charge >= 0.3 is 5.97 Å². The van der Waals surface area contributed by atoms with Crippen LogP contribution in [0.15, 0.2) is 0 Å². The summed E-state index contributed by atoms with van der Waals surface area (Å²) in [6.07, 6.45) is 0.866. The molecule has 0 aromatic heterocycles. The fraction of sp³-hybridized carbons (Fsp3) is 0.750. The Kier molecular flexibility index (Phi) is 0.708. The van der Waals surface area contributed by atoms with Gasteiger partial charge in [0.1, 0.15) is 5.78 Å². The smallest absolute Gasteiger partial charge is 0.307 e. The first kappa shape index (κ1) is 5.75. The molecule has 1 N–H and O–H groups in total. The number of carboxylic acids is 1. The lowest BCUT2D eigenvalue weighted by molar-refractivity contribution is -0.144. The fourth-order valence-corrected chi connectivity index (χ4v) is 3.18. The Balaban J connectivity index is 2.03. The van der Waals surface area contributed by atoms with Gasteiger partial charge in [0.15, 0.2) is 0 Å². The maximum absolute atomic E-state index is 11.2. The summed E-state index contributed by atoms with van der Waals surface area (Å²) in [6.45, 7) is 0. The van der Waals surface area contributed by atoms with Crippen molar-refractivity contribution in [1.82, 2.24) is 0 Å². The third kappa shape index (κ3) is 0.424. The number of Topliss-reactive ketones (excluding diaryl/α,β-unsaturated/α-hetero) is 1. The van der Waals surface area contributed by atoms with Crippen LogP contribution in [0, 0.1) is 29.6 Å². The second-order valence-electron chi connectivity index (χ2n) is 3.88. The van der Waals surface area contributed by atoms with Gasteiger partial charge in [-0.25, -0.2) is 0 Å². The Hall–Kier alpha value is -0.860. The van der Waals surface area contributed by atoms with Gasteiger partial charge in [0.05, 0.1) is 5.92 Å². The molecule has 0 saturated heterocycles. The molecule has 4 rings (SSSR count). The van der Waals surface area contributed by atoms with Gasteiger partial charge in [0, 0.05) is 11.8 Å². The molecule has 0 aromatic carbocycles. The summed E-state index contributed by atoms with van der Waals surface area (Å²) < 4.78 is 0. The summed E-state index contributed by atoms with van der Waals surface area (Å²) in [6, 6.07) is 0. The maximum Gasteiger partial charge on any atom is 0.307 e. The van der Waals surface area contributed by atoms with Gasteiger partial charge in [-0.05, 0) is 18.3 Å². The molecule has 4 fully saturated rings. The van der Waals surface area contributed by atoms with Crippen LogP contribution in [0.2, 0.25) is 0 Å². The molecule has 3 nitrogen and oxygen atoms in total. The molecule has 4 bridgehead atoms. The van der Waals surface area contributed by atoms with Crippen LogP contribution in [-0.2, 0) is 9.59 Å². The minimum absolute atomic E-state index is 0.104. The standard InChI is InChI=1S/C8H8O3/c9-7-3-1-2-4(5(2)7)6(3)8(10)11/h2-6H,1H2,(H,10,11)/t2-,3?,4+,5?,6?/m0/s1. The van der Waals surface area contributed by atoms with E-state index in [-0.39, 0.29) is 29.5 Å². The normalized spacial score (nSPS) is 56.7. The van der Waals surface area contributed by atoms with E-state index in [2.05, 4.69) is 0 Å². The largest absolute Gasteiger partial charge is 0.481 e. The molecule has 5 atom stereocenters. The van der Waals surface area contributed by atoms with Crippen molar-refractivity contribution in [2.24, 2.45) is 29.6 Å². The summed E-state index contributed by atoms with van der Waals surface area (Å²) in [5.74, 6) is -0.0482. The van der Waals surface area contributed by atoms with Gasteiger partial charge in [-0.3, -0.25) is 9.59 Å². The zero-order chi connectivity index (χ0) is 7.75. The second-order valence-corrected chi connectivity index (χ2v) is 3.88.